The third kappa shape index (κ3) is 3.41. The highest BCUT2D eigenvalue weighted by Crippen LogP contribution is 2.35. The van der Waals surface area contributed by atoms with Crippen molar-refractivity contribution in [1.82, 2.24) is 5.32 Å². The predicted octanol–water partition coefficient (Wildman–Crippen LogP) is 3.66. The van der Waals surface area contributed by atoms with Gasteiger partial charge in [0.1, 0.15) is 0 Å². The second-order valence-electron chi connectivity index (χ2n) is 4.96. The quantitative estimate of drug-likeness (QED) is 0.771. The van der Waals surface area contributed by atoms with Gasteiger partial charge in [-0.2, -0.15) is 0 Å². The van der Waals surface area contributed by atoms with Gasteiger partial charge in [0.2, 0.25) is 5.91 Å². The summed E-state index contributed by atoms with van der Waals surface area (Å²) in [6.07, 6.45) is 2.64. The minimum Gasteiger partial charge on any atom is -0.324 e. The van der Waals surface area contributed by atoms with E-state index in [4.69, 9.17) is 11.6 Å². The highest BCUT2D eigenvalue weighted by atomic mass is 127. The van der Waals surface area contributed by atoms with Crippen LogP contribution in [0.25, 0.3) is 0 Å². The van der Waals surface area contributed by atoms with Crippen LogP contribution in [0, 0.1) is 8.99 Å². The first kappa shape index (κ1) is 15.1. The van der Waals surface area contributed by atoms with Crippen LogP contribution in [0.2, 0.25) is 5.02 Å². The average Bonchev–Trinajstić information content (AvgIpc) is 2.42. The number of nitrogens with one attached hydrogen (secondary N) is 2. The fraction of sp³-hybridized carbons (Fsp3) is 0.500. The highest BCUT2D eigenvalue weighted by molar-refractivity contribution is 14.1. The van der Waals surface area contributed by atoms with E-state index in [2.05, 4.69) is 40.1 Å². The second-order valence-corrected chi connectivity index (χ2v) is 6.62. The Balaban J connectivity index is 2.15. The zero-order valence-electron chi connectivity index (χ0n) is 10.9. The van der Waals surface area contributed by atoms with Gasteiger partial charge in [0.15, 0.2) is 0 Å². The summed E-state index contributed by atoms with van der Waals surface area (Å²) >= 11 is 8.37. The zero-order chi connectivity index (χ0) is 13.9. The molecule has 0 saturated carbocycles. The zero-order valence-corrected chi connectivity index (χ0v) is 13.8. The van der Waals surface area contributed by atoms with E-state index in [0.29, 0.717) is 10.7 Å². The van der Waals surface area contributed by atoms with Crippen LogP contribution < -0.4 is 10.6 Å². The lowest BCUT2D eigenvalue weighted by Gasteiger charge is -2.35. The molecule has 0 radical (unpaired) electrons. The molecule has 1 fully saturated rings. The molecule has 1 saturated heterocycles. The Hall–Kier alpha value is -0.330. The Morgan fingerprint density at radius 2 is 2.16 bits per heavy atom. The van der Waals surface area contributed by atoms with Crippen molar-refractivity contribution in [2.75, 3.05) is 18.4 Å². The summed E-state index contributed by atoms with van der Waals surface area (Å²) in [5.74, 6) is 0.0969. The van der Waals surface area contributed by atoms with Crippen molar-refractivity contribution in [3.8, 4) is 0 Å². The molecule has 1 aliphatic heterocycles. The number of rotatable bonds is 3. The molecule has 0 aliphatic carbocycles. The van der Waals surface area contributed by atoms with Gasteiger partial charge < -0.3 is 10.6 Å². The topological polar surface area (TPSA) is 41.1 Å². The Bertz CT molecular complexity index is 473. The van der Waals surface area contributed by atoms with Crippen molar-refractivity contribution in [2.24, 2.45) is 5.41 Å². The van der Waals surface area contributed by atoms with Crippen LogP contribution in [0.3, 0.4) is 0 Å². The molecule has 2 N–H and O–H groups in total. The first-order valence-corrected chi connectivity index (χ1v) is 8.00. The number of anilines is 1. The van der Waals surface area contributed by atoms with Gasteiger partial charge >= 0.3 is 0 Å². The molecule has 0 atom stereocenters. The van der Waals surface area contributed by atoms with Gasteiger partial charge in [0.05, 0.1) is 16.1 Å². The van der Waals surface area contributed by atoms with Crippen LogP contribution in [0.1, 0.15) is 26.2 Å². The molecule has 1 aliphatic rings. The molecule has 2 rings (SSSR count). The van der Waals surface area contributed by atoms with Crippen LogP contribution in [-0.4, -0.2) is 19.0 Å². The molecule has 19 heavy (non-hydrogen) atoms. The molecule has 0 spiro atoms. The van der Waals surface area contributed by atoms with E-state index in [1.54, 1.807) is 0 Å². The number of halogens is 2. The van der Waals surface area contributed by atoms with Gasteiger partial charge in [-0.1, -0.05) is 18.5 Å². The monoisotopic (exact) mass is 392 g/mol. The number of hydrogen-bond donors (Lipinski definition) is 2. The van der Waals surface area contributed by atoms with Crippen molar-refractivity contribution in [3.63, 3.8) is 0 Å². The molecule has 0 unspecified atom stereocenters. The molecule has 5 heteroatoms. The first-order valence-electron chi connectivity index (χ1n) is 6.54. The minimum absolute atomic E-state index is 0.0969. The summed E-state index contributed by atoms with van der Waals surface area (Å²) in [6.45, 7) is 3.89. The van der Waals surface area contributed by atoms with Gasteiger partial charge in [-0.25, -0.2) is 0 Å². The lowest BCUT2D eigenvalue weighted by molar-refractivity contribution is -0.127. The summed E-state index contributed by atoms with van der Waals surface area (Å²) in [5.41, 5.74) is 0.454. The molecular formula is C14H18ClIN2O. The maximum absolute atomic E-state index is 12.6. The number of carbonyl (C=O) groups is 1. The van der Waals surface area contributed by atoms with E-state index in [-0.39, 0.29) is 11.3 Å². The number of benzene rings is 1. The maximum atomic E-state index is 12.6. The normalized spacial score (nSPS) is 18.1. The van der Waals surface area contributed by atoms with Crippen molar-refractivity contribution in [1.29, 1.82) is 0 Å². The van der Waals surface area contributed by atoms with E-state index < -0.39 is 0 Å². The van der Waals surface area contributed by atoms with Crippen molar-refractivity contribution in [3.05, 3.63) is 26.8 Å². The maximum Gasteiger partial charge on any atom is 0.230 e. The largest absolute Gasteiger partial charge is 0.324 e. The van der Waals surface area contributed by atoms with Gasteiger partial charge in [-0.05, 0) is 73.1 Å². The number of carbonyl (C=O) groups excluding carboxylic acids is 1. The summed E-state index contributed by atoms with van der Waals surface area (Å²) in [4.78, 5) is 12.6. The summed E-state index contributed by atoms with van der Waals surface area (Å²) < 4.78 is 1.06. The Kier molecular flexibility index (Phi) is 5.09. The van der Waals surface area contributed by atoms with Gasteiger partial charge in [-0.3, -0.25) is 4.79 Å². The fourth-order valence-corrected chi connectivity index (χ4v) is 3.40. The van der Waals surface area contributed by atoms with E-state index >= 15 is 0 Å². The molecule has 1 aromatic rings. The van der Waals surface area contributed by atoms with Gasteiger partial charge in [0.25, 0.3) is 0 Å². The molecule has 1 aromatic carbocycles. The molecule has 0 bridgehead atoms. The molecule has 1 amide bonds. The van der Waals surface area contributed by atoms with E-state index in [1.807, 2.05) is 18.2 Å². The van der Waals surface area contributed by atoms with Crippen LogP contribution >= 0.6 is 34.2 Å². The van der Waals surface area contributed by atoms with Gasteiger partial charge in [0, 0.05) is 3.57 Å². The number of piperidine rings is 1. The van der Waals surface area contributed by atoms with E-state index in [0.717, 1.165) is 35.9 Å². The third-order valence-corrected chi connectivity index (χ3v) is 4.88. The van der Waals surface area contributed by atoms with Crippen molar-refractivity contribution < 1.29 is 4.79 Å². The molecule has 0 aromatic heterocycles. The lowest BCUT2D eigenvalue weighted by Crippen LogP contribution is -2.44. The van der Waals surface area contributed by atoms with E-state index in [9.17, 15) is 4.79 Å². The Morgan fingerprint density at radius 1 is 1.47 bits per heavy atom. The van der Waals surface area contributed by atoms with Crippen molar-refractivity contribution >= 4 is 45.8 Å². The lowest BCUT2D eigenvalue weighted by atomic mass is 9.76. The number of amides is 1. The third-order valence-electron chi connectivity index (χ3n) is 3.90. The second kappa shape index (κ2) is 6.41. The molecule has 1 heterocycles. The Labute approximate surface area is 132 Å². The van der Waals surface area contributed by atoms with Crippen LogP contribution in [-0.2, 0) is 4.79 Å². The SMILES string of the molecule is CCC1(C(=O)Nc2ccc(I)cc2Cl)CCNCC1. The summed E-state index contributed by atoms with van der Waals surface area (Å²) in [7, 11) is 0. The van der Waals surface area contributed by atoms with E-state index in [1.165, 1.54) is 0 Å². The molecular weight excluding hydrogens is 375 g/mol. The summed E-state index contributed by atoms with van der Waals surface area (Å²) in [5, 5.41) is 6.90. The first-order chi connectivity index (χ1) is 9.07. The number of hydrogen-bond acceptors (Lipinski definition) is 2. The fourth-order valence-electron chi connectivity index (χ4n) is 2.49. The average molecular weight is 393 g/mol. The smallest absolute Gasteiger partial charge is 0.230 e. The Morgan fingerprint density at radius 3 is 2.74 bits per heavy atom. The molecule has 104 valence electrons. The summed E-state index contributed by atoms with van der Waals surface area (Å²) in [6, 6.07) is 5.67. The predicted molar refractivity (Wildman–Crippen MR) is 87.6 cm³/mol. The molecule has 3 nitrogen and oxygen atoms in total. The standard InChI is InChI=1S/C14H18ClIN2O/c1-2-14(5-7-17-8-6-14)13(19)18-12-4-3-10(16)9-11(12)15/h3-4,9,17H,2,5-8H2,1H3,(H,18,19). The van der Waals surface area contributed by atoms with Crippen LogP contribution in [0.4, 0.5) is 5.69 Å². The van der Waals surface area contributed by atoms with Gasteiger partial charge in [-0.15, -0.1) is 0 Å². The van der Waals surface area contributed by atoms with Crippen LogP contribution in [0.15, 0.2) is 18.2 Å². The minimum atomic E-state index is -0.252. The highest BCUT2D eigenvalue weighted by Gasteiger charge is 2.37. The van der Waals surface area contributed by atoms with Crippen LogP contribution in [0.5, 0.6) is 0 Å². The van der Waals surface area contributed by atoms with Crippen molar-refractivity contribution in [2.45, 2.75) is 26.2 Å².